The van der Waals surface area contributed by atoms with Crippen LogP contribution >= 0.6 is 0 Å². The van der Waals surface area contributed by atoms with Gasteiger partial charge in [0.15, 0.2) is 0 Å². The lowest BCUT2D eigenvalue weighted by atomic mass is 9.86. The summed E-state index contributed by atoms with van der Waals surface area (Å²) in [4.78, 5) is 13.7. The fraction of sp³-hybridized carbons (Fsp3) is 0.533. The molecule has 3 heteroatoms. The van der Waals surface area contributed by atoms with Gasteiger partial charge in [-0.05, 0) is 12.5 Å². The van der Waals surface area contributed by atoms with Gasteiger partial charge in [0.1, 0.15) is 0 Å². The van der Waals surface area contributed by atoms with Crippen LogP contribution < -0.4 is 0 Å². The van der Waals surface area contributed by atoms with E-state index in [1.165, 1.54) is 5.56 Å². The van der Waals surface area contributed by atoms with E-state index in [0.717, 1.165) is 6.54 Å². The first-order chi connectivity index (χ1) is 8.63. The van der Waals surface area contributed by atoms with Crippen molar-refractivity contribution in [1.29, 1.82) is 0 Å². The van der Waals surface area contributed by atoms with E-state index in [-0.39, 0.29) is 23.8 Å². The fourth-order valence-corrected chi connectivity index (χ4v) is 2.80. The van der Waals surface area contributed by atoms with Crippen LogP contribution in [-0.4, -0.2) is 35.1 Å². The summed E-state index contributed by atoms with van der Waals surface area (Å²) < 4.78 is 0. The second kappa shape index (κ2) is 5.53. The average Bonchev–Trinajstić information content (AvgIpc) is 2.84. The molecule has 18 heavy (non-hydrogen) atoms. The van der Waals surface area contributed by atoms with Crippen LogP contribution in [0.1, 0.15) is 31.7 Å². The third kappa shape index (κ3) is 2.56. The van der Waals surface area contributed by atoms with Crippen molar-refractivity contribution in [3.05, 3.63) is 35.9 Å². The number of rotatable bonds is 3. The van der Waals surface area contributed by atoms with Gasteiger partial charge in [0.25, 0.3) is 0 Å². The van der Waals surface area contributed by atoms with E-state index >= 15 is 0 Å². The zero-order valence-corrected chi connectivity index (χ0v) is 11.0. The largest absolute Gasteiger partial charge is 0.393 e. The monoisotopic (exact) mass is 247 g/mol. The Balaban J connectivity index is 2.20. The van der Waals surface area contributed by atoms with E-state index in [0.29, 0.717) is 13.0 Å². The smallest absolute Gasteiger partial charge is 0.222 e. The summed E-state index contributed by atoms with van der Waals surface area (Å²) in [7, 11) is 0. The molecule has 0 bridgehead atoms. The van der Waals surface area contributed by atoms with Gasteiger partial charge >= 0.3 is 0 Å². The number of likely N-dealkylation sites (tertiary alicyclic amines) is 1. The van der Waals surface area contributed by atoms with Crippen molar-refractivity contribution >= 4 is 5.91 Å². The Morgan fingerprint density at radius 1 is 1.39 bits per heavy atom. The highest BCUT2D eigenvalue weighted by Crippen LogP contribution is 2.34. The Morgan fingerprint density at radius 3 is 2.61 bits per heavy atom. The Hall–Kier alpha value is -1.35. The first-order valence-electron chi connectivity index (χ1n) is 6.64. The number of hydrogen-bond acceptors (Lipinski definition) is 2. The summed E-state index contributed by atoms with van der Waals surface area (Å²) in [6, 6.07) is 10.2. The molecule has 1 amide bonds. The minimum Gasteiger partial charge on any atom is -0.393 e. The molecule has 0 aliphatic carbocycles. The van der Waals surface area contributed by atoms with Crippen LogP contribution in [0.5, 0.6) is 0 Å². The number of aliphatic hydroxyl groups is 1. The minimum absolute atomic E-state index is 0.142. The van der Waals surface area contributed by atoms with Crippen molar-refractivity contribution in [3.8, 4) is 0 Å². The molecule has 1 saturated heterocycles. The molecule has 3 nitrogen and oxygen atoms in total. The van der Waals surface area contributed by atoms with Crippen molar-refractivity contribution in [3.63, 3.8) is 0 Å². The molecule has 98 valence electrons. The summed E-state index contributed by atoms with van der Waals surface area (Å²) in [5, 5.41) is 9.92. The minimum atomic E-state index is -0.384. The lowest BCUT2D eigenvalue weighted by Crippen LogP contribution is -2.29. The van der Waals surface area contributed by atoms with Gasteiger partial charge in [-0.3, -0.25) is 4.79 Å². The van der Waals surface area contributed by atoms with Gasteiger partial charge in [-0.15, -0.1) is 0 Å². The molecule has 1 N–H and O–H groups in total. The summed E-state index contributed by atoms with van der Waals surface area (Å²) in [6.45, 7) is 5.10. The molecule has 2 rings (SSSR count). The Morgan fingerprint density at radius 2 is 2.06 bits per heavy atom. The summed E-state index contributed by atoms with van der Waals surface area (Å²) in [5.74, 6) is 0.573. The topological polar surface area (TPSA) is 40.5 Å². The van der Waals surface area contributed by atoms with E-state index in [9.17, 15) is 9.90 Å². The molecule has 1 aromatic carbocycles. The zero-order chi connectivity index (χ0) is 13.1. The first kappa shape index (κ1) is 13.1. The van der Waals surface area contributed by atoms with E-state index in [4.69, 9.17) is 0 Å². The third-order valence-electron chi connectivity index (χ3n) is 3.87. The molecular formula is C15H21NO2. The molecule has 0 saturated carbocycles. The van der Waals surface area contributed by atoms with Crippen LogP contribution in [0.3, 0.4) is 0 Å². The van der Waals surface area contributed by atoms with Crippen molar-refractivity contribution in [1.82, 2.24) is 4.90 Å². The van der Waals surface area contributed by atoms with Crippen LogP contribution in [0.25, 0.3) is 0 Å². The molecule has 3 atom stereocenters. The van der Waals surface area contributed by atoms with Gasteiger partial charge in [0.2, 0.25) is 5.91 Å². The molecule has 1 aliphatic heterocycles. The van der Waals surface area contributed by atoms with E-state index in [1.807, 2.05) is 36.9 Å². The normalized spacial score (nSPS) is 25.2. The number of carbonyl (C=O) groups excluding carboxylic acids is 1. The van der Waals surface area contributed by atoms with Crippen LogP contribution in [-0.2, 0) is 4.79 Å². The molecule has 1 heterocycles. The maximum Gasteiger partial charge on any atom is 0.222 e. The molecule has 0 spiro atoms. The van der Waals surface area contributed by atoms with Gasteiger partial charge in [-0.2, -0.15) is 0 Å². The average molecular weight is 247 g/mol. The highest BCUT2D eigenvalue weighted by molar-refractivity contribution is 5.76. The van der Waals surface area contributed by atoms with Crippen LogP contribution in [0, 0.1) is 5.92 Å². The predicted molar refractivity (Wildman–Crippen MR) is 71.2 cm³/mol. The Kier molecular flexibility index (Phi) is 4.02. The molecular weight excluding hydrogens is 226 g/mol. The van der Waals surface area contributed by atoms with Gasteiger partial charge in [0, 0.05) is 31.3 Å². The number of aliphatic hydroxyl groups excluding tert-OH is 1. The highest BCUT2D eigenvalue weighted by atomic mass is 16.3. The summed E-state index contributed by atoms with van der Waals surface area (Å²) in [6.07, 6.45) is 0.151. The number of carbonyl (C=O) groups is 1. The standard InChI is InChI=1S/C15H21NO2/c1-3-15(18)16-9-13(11(2)17)14(10-16)12-7-5-4-6-8-12/h4-8,11,13-14,17H,3,9-10H2,1-2H3/t11-,13-,14-/m0/s1. The maximum atomic E-state index is 11.8. The number of amides is 1. The Bertz CT molecular complexity index is 402. The van der Waals surface area contributed by atoms with E-state index < -0.39 is 0 Å². The van der Waals surface area contributed by atoms with Crippen molar-refractivity contribution in [2.75, 3.05) is 13.1 Å². The SMILES string of the molecule is CCC(=O)N1C[C@@H]([C@H](C)O)[C@H](c2ccccc2)C1. The second-order valence-corrected chi connectivity index (χ2v) is 5.07. The highest BCUT2D eigenvalue weighted by Gasteiger charge is 2.37. The molecule has 0 radical (unpaired) electrons. The molecule has 1 aromatic rings. The quantitative estimate of drug-likeness (QED) is 0.887. The van der Waals surface area contributed by atoms with E-state index in [1.54, 1.807) is 0 Å². The van der Waals surface area contributed by atoms with Gasteiger partial charge in [-0.25, -0.2) is 0 Å². The van der Waals surface area contributed by atoms with Gasteiger partial charge in [-0.1, -0.05) is 37.3 Å². The molecule has 0 unspecified atom stereocenters. The number of nitrogens with zero attached hydrogens (tertiary/aromatic N) is 1. The lowest BCUT2D eigenvalue weighted by molar-refractivity contribution is -0.130. The molecule has 1 aliphatic rings. The predicted octanol–water partition coefficient (Wildman–Crippen LogP) is 2.02. The van der Waals surface area contributed by atoms with Crippen molar-refractivity contribution in [2.45, 2.75) is 32.3 Å². The maximum absolute atomic E-state index is 11.8. The summed E-state index contributed by atoms with van der Waals surface area (Å²) >= 11 is 0. The first-order valence-corrected chi connectivity index (χ1v) is 6.64. The zero-order valence-electron chi connectivity index (χ0n) is 11.0. The van der Waals surface area contributed by atoms with Gasteiger partial charge in [0.05, 0.1) is 6.10 Å². The third-order valence-corrected chi connectivity index (χ3v) is 3.87. The van der Waals surface area contributed by atoms with Gasteiger partial charge < -0.3 is 10.0 Å². The van der Waals surface area contributed by atoms with Crippen LogP contribution in [0.15, 0.2) is 30.3 Å². The number of benzene rings is 1. The molecule has 1 fully saturated rings. The second-order valence-electron chi connectivity index (χ2n) is 5.07. The van der Waals surface area contributed by atoms with Crippen molar-refractivity contribution in [2.24, 2.45) is 5.92 Å². The number of hydrogen-bond donors (Lipinski definition) is 1. The molecule has 0 aromatic heterocycles. The fourth-order valence-electron chi connectivity index (χ4n) is 2.80. The van der Waals surface area contributed by atoms with Crippen LogP contribution in [0.2, 0.25) is 0 Å². The van der Waals surface area contributed by atoms with Crippen molar-refractivity contribution < 1.29 is 9.90 Å². The lowest BCUT2D eigenvalue weighted by Gasteiger charge is -2.20. The van der Waals surface area contributed by atoms with Crippen LogP contribution in [0.4, 0.5) is 0 Å². The van der Waals surface area contributed by atoms with E-state index in [2.05, 4.69) is 12.1 Å². The summed E-state index contributed by atoms with van der Waals surface area (Å²) in [5.41, 5.74) is 1.22. The Labute approximate surface area is 108 Å².